The van der Waals surface area contributed by atoms with E-state index in [1.165, 1.54) is 34.4 Å². The maximum atomic E-state index is 12.9. The molecule has 2 heterocycles. The number of Topliss-reactive ketones (excluding diaryl/α,β-unsaturated/α-hetero) is 1. The molecule has 0 spiro atoms. The lowest BCUT2D eigenvalue weighted by Crippen LogP contribution is -2.29. The van der Waals surface area contributed by atoms with Gasteiger partial charge in [-0.2, -0.15) is 0 Å². The van der Waals surface area contributed by atoms with E-state index in [1.54, 1.807) is 36.4 Å². The number of aliphatic hydroxyl groups is 1. The Bertz CT molecular complexity index is 1140. The molecule has 0 bridgehead atoms. The van der Waals surface area contributed by atoms with Gasteiger partial charge in [0.05, 0.1) is 11.3 Å². The van der Waals surface area contributed by atoms with E-state index >= 15 is 0 Å². The number of carbonyl (C=O) groups is 2. The van der Waals surface area contributed by atoms with Crippen LogP contribution in [0, 0.1) is 0 Å². The number of halogens is 2. The third kappa shape index (κ3) is 3.46. The molecule has 0 aliphatic carbocycles. The number of aromatic hydroxyl groups is 1. The first-order valence-electron chi connectivity index (χ1n) is 8.47. The number of thiophene rings is 1. The summed E-state index contributed by atoms with van der Waals surface area (Å²) < 4.78 is 0.813. The van der Waals surface area contributed by atoms with E-state index in [-0.39, 0.29) is 22.8 Å². The number of aliphatic hydroxyl groups excluding tert-OH is 1. The molecule has 1 aromatic heterocycles. The van der Waals surface area contributed by atoms with E-state index in [0.717, 1.165) is 4.47 Å². The molecule has 4 rings (SSSR count). The first-order valence-corrected chi connectivity index (χ1v) is 10.5. The van der Waals surface area contributed by atoms with Crippen molar-refractivity contribution in [2.75, 3.05) is 4.90 Å². The van der Waals surface area contributed by atoms with Gasteiger partial charge in [-0.25, -0.2) is 0 Å². The standard InChI is InChI=1S/C21H13BrClNO4S/c22-12-5-3-11(4-6-12)19(26)17-18(16-2-1-9-29-16)24(21(28)20(17)27)14-10-13(23)7-8-15(14)25/h1-10,18,25-26H/b19-17-. The van der Waals surface area contributed by atoms with Crippen LogP contribution in [0.4, 0.5) is 5.69 Å². The Morgan fingerprint density at radius 2 is 1.83 bits per heavy atom. The molecule has 0 radical (unpaired) electrons. The smallest absolute Gasteiger partial charge is 0.300 e. The molecule has 1 fully saturated rings. The van der Waals surface area contributed by atoms with Crippen LogP contribution in [0.1, 0.15) is 16.5 Å². The Balaban J connectivity index is 1.95. The van der Waals surface area contributed by atoms with Gasteiger partial charge in [0.2, 0.25) is 0 Å². The largest absolute Gasteiger partial charge is 0.507 e. The van der Waals surface area contributed by atoms with Crippen molar-refractivity contribution in [3.8, 4) is 5.75 Å². The Hall–Kier alpha value is -2.61. The van der Waals surface area contributed by atoms with E-state index in [2.05, 4.69) is 15.9 Å². The number of carbonyl (C=O) groups excluding carboxylic acids is 2. The minimum Gasteiger partial charge on any atom is -0.507 e. The lowest BCUT2D eigenvalue weighted by Gasteiger charge is -2.25. The molecule has 29 heavy (non-hydrogen) atoms. The number of hydrogen-bond acceptors (Lipinski definition) is 5. The highest BCUT2D eigenvalue weighted by Crippen LogP contribution is 2.46. The first kappa shape index (κ1) is 19.7. The maximum Gasteiger partial charge on any atom is 0.300 e. The van der Waals surface area contributed by atoms with Crippen LogP contribution < -0.4 is 4.90 Å². The van der Waals surface area contributed by atoms with Crippen LogP contribution in [0.5, 0.6) is 5.75 Å². The van der Waals surface area contributed by atoms with Crippen molar-refractivity contribution in [1.82, 2.24) is 0 Å². The monoisotopic (exact) mass is 489 g/mol. The minimum absolute atomic E-state index is 0.0425. The first-order chi connectivity index (χ1) is 13.9. The number of hydrogen-bond donors (Lipinski definition) is 2. The molecule has 1 aliphatic heterocycles. The Morgan fingerprint density at radius 1 is 1.10 bits per heavy atom. The van der Waals surface area contributed by atoms with Crippen LogP contribution in [0.2, 0.25) is 5.02 Å². The summed E-state index contributed by atoms with van der Waals surface area (Å²) in [6.07, 6.45) is 0. The van der Waals surface area contributed by atoms with Gasteiger partial charge in [-0.1, -0.05) is 45.7 Å². The second kappa shape index (κ2) is 7.67. The van der Waals surface area contributed by atoms with Gasteiger partial charge >= 0.3 is 0 Å². The number of phenols is 1. The average Bonchev–Trinajstić information content (AvgIpc) is 3.31. The van der Waals surface area contributed by atoms with Gasteiger partial charge in [-0.05, 0) is 41.8 Å². The number of anilines is 1. The van der Waals surface area contributed by atoms with Crippen LogP contribution in [-0.4, -0.2) is 21.9 Å². The SMILES string of the molecule is O=C1C(=O)N(c2cc(Cl)ccc2O)C(c2cccs2)/C1=C(/O)c1ccc(Br)cc1. The lowest BCUT2D eigenvalue weighted by molar-refractivity contribution is -0.132. The molecular weight excluding hydrogens is 478 g/mol. The van der Waals surface area contributed by atoms with Crippen LogP contribution in [0.3, 0.4) is 0 Å². The van der Waals surface area contributed by atoms with Crippen molar-refractivity contribution in [3.05, 3.63) is 85.5 Å². The van der Waals surface area contributed by atoms with Gasteiger partial charge in [-0.15, -0.1) is 11.3 Å². The molecule has 1 saturated heterocycles. The summed E-state index contributed by atoms with van der Waals surface area (Å²) in [4.78, 5) is 27.7. The topological polar surface area (TPSA) is 77.8 Å². The van der Waals surface area contributed by atoms with Gasteiger partial charge in [0.25, 0.3) is 11.7 Å². The Labute approximate surface area is 183 Å². The van der Waals surface area contributed by atoms with Crippen molar-refractivity contribution in [3.63, 3.8) is 0 Å². The van der Waals surface area contributed by atoms with E-state index in [0.29, 0.717) is 15.5 Å². The number of ketones is 1. The average molecular weight is 491 g/mol. The zero-order valence-corrected chi connectivity index (χ0v) is 17.8. The third-order valence-corrected chi connectivity index (χ3v) is 6.26. The van der Waals surface area contributed by atoms with Crippen LogP contribution >= 0.6 is 38.9 Å². The summed E-state index contributed by atoms with van der Waals surface area (Å²) >= 11 is 10.7. The normalized spacial score (nSPS) is 18.4. The quantitative estimate of drug-likeness (QED) is 0.289. The minimum atomic E-state index is -0.886. The van der Waals surface area contributed by atoms with Gasteiger partial charge in [0.15, 0.2) is 0 Å². The van der Waals surface area contributed by atoms with Crippen molar-refractivity contribution in [2.45, 2.75) is 6.04 Å². The molecule has 1 atom stereocenters. The molecule has 3 aromatic rings. The summed E-state index contributed by atoms with van der Waals surface area (Å²) in [6.45, 7) is 0. The van der Waals surface area contributed by atoms with Crippen molar-refractivity contribution < 1.29 is 19.8 Å². The van der Waals surface area contributed by atoms with E-state index in [9.17, 15) is 19.8 Å². The van der Waals surface area contributed by atoms with Gasteiger partial charge in [0.1, 0.15) is 17.6 Å². The fourth-order valence-electron chi connectivity index (χ4n) is 3.25. The Morgan fingerprint density at radius 3 is 2.48 bits per heavy atom. The van der Waals surface area contributed by atoms with Crippen molar-refractivity contribution in [2.24, 2.45) is 0 Å². The molecule has 1 amide bonds. The Kier molecular flexibility index (Phi) is 5.21. The third-order valence-electron chi connectivity index (χ3n) is 4.57. The summed E-state index contributed by atoms with van der Waals surface area (Å²) in [6, 6.07) is 13.7. The fourth-order valence-corrected chi connectivity index (χ4v) is 4.50. The molecule has 8 heteroatoms. The molecule has 2 N–H and O–H groups in total. The van der Waals surface area contributed by atoms with Crippen LogP contribution in [-0.2, 0) is 9.59 Å². The second-order valence-corrected chi connectivity index (χ2v) is 8.66. The van der Waals surface area contributed by atoms with Crippen LogP contribution in [0.15, 0.2) is 70.0 Å². The lowest BCUT2D eigenvalue weighted by atomic mass is 10.00. The molecule has 1 unspecified atom stereocenters. The zero-order chi connectivity index (χ0) is 20.7. The number of rotatable bonds is 3. The number of phenolic OH excluding ortho intramolecular Hbond substituents is 1. The van der Waals surface area contributed by atoms with Gasteiger partial charge < -0.3 is 10.2 Å². The highest BCUT2D eigenvalue weighted by molar-refractivity contribution is 9.10. The number of benzene rings is 2. The zero-order valence-electron chi connectivity index (χ0n) is 14.7. The van der Waals surface area contributed by atoms with Crippen molar-refractivity contribution in [1.29, 1.82) is 0 Å². The van der Waals surface area contributed by atoms with E-state index < -0.39 is 17.7 Å². The summed E-state index contributed by atoms with van der Waals surface area (Å²) in [5.41, 5.74) is 0.468. The predicted molar refractivity (Wildman–Crippen MR) is 116 cm³/mol. The molecule has 1 aliphatic rings. The molecule has 0 saturated carbocycles. The summed E-state index contributed by atoms with van der Waals surface area (Å²) in [5, 5.41) is 23.4. The fraction of sp³-hybridized carbons (Fsp3) is 0.0476. The van der Waals surface area contributed by atoms with Gasteiger partial charge in [-0.3, -0.25) is 14.5 Å². The summed E-state index contributed by atoms with van der Waals surface area (Å²) in [5.74, 6) is -2.15. The van der Waals surface area contributed by atoms with Gasteiger partial charge in [0, 0.05) is 19.9 Å². The highest BCUT2D eigenvalue weighted by Gasteiger charge is 2.48. The molecule has 5 nitrogen and oxygen atoms in total. The number of amides is 1. The number of nitrogens with zero attached hydrogens (tertiary/aromatic N) is 1. The molecular formula is C21H13BrClNO4S. The van der Waals surface area contributed by atoms with E-state index in [4.69, 9.17) is 11.6 Å². The molecule has 2 aromatic carbocycles. The van der Waals surface area contributed by atoms with Crippen LogP contribution in [0.25, 0.3) is 5.76 Å². The van der Waals surface area contributed by atoms with Crippen molar-refractivity contribution >= 4 is 62.0 Å². The summed E-state index contributed by atoms with van der Waals surface area (Å²) in [7, 11) is 0. The maximum absolute atomic E-state index is 12.9. The highest BCUT2D eigenvalue weighted by atomic mass is 79.9. The predicted octanol–water partition coefficient (Wildman–Crippen LogP) is 5.50. The second-order valence-electron chi connectivity index (χ2n) is 6.32. The van der Waals surface area contributed by atoms with E-state index in [1.807, 2.05) is 5.38 Å². The molecule has 146 valence electrons.